The fraction of sp³-hybridized carbons (Fsp3) is 0.278. The number of H-pyrrole nitrogens is 1. The van der Waals surface area contributed by atoms with Crippen LogP contribution in [-0.2, 0) is 4.74 Å². The van der Waals surface area contributed by atoms with E-state index in [-0.39, 0.29) is 0 Å². The van der Waals surface area contributed by atoms with E-state index in [0.29, 0.717) is 0 Å². The first-order valence-corrected chi connectivity index (χ1v) is 7.70. The Hall–Kier alpha value is -2.33. The molecule has 4 nitrogen and oxygen atoms in total. The predicted octanol–water partition coefficient (Wildman–Crippen LogP) is 3.37. The molecule has 0 atom stereocenters. The van der Waals surface area contributed by atoms with Gasteiger partial charge in [-0.3, -0.25) is 0 Å². The van der Waals surface area contributed by atoms with Crippen molar-refractivity contribution in [3.05, 3.63) is 48.3 Å². The van der Waals surface area contributed by atoms with Gasteiger partial charge in [0.25, 0.3) is 0 Å². The number of morpholine rings is 1. The number of pyridine rings is 1. The molecule has 22 heavy (non-hydrogen) atoms. The van der Waals surface area contributed by atoms with Crippen molar-refractivity contribution in [2.24, 2.45) is 0 Å². The molecular formula is C18H19N3O. The van der Waals surface area contributed by atoms with Crippen LogP contribution in [-0.4, -0.2) is 36.3 Å². The monoisotopic (exact) mass is 293 g/mol. The highest BCUT2D eigenvalue weighted by atomic mass is 16.5. The SMILES string of the molecule is Cc1[nH]c2nccc(N3CCOCC3)c2c1-c1ccccc1. The normalized spacial score (nSPS) is 15.4. The number of ether oxygens (including phenoxy) is 1. The Bertz CT molecular complexity index is 789. The highest BCUT2D eigenvalue weighted by Crippen LogP contribution is 2.37. The van der Waals surface area contributed by atoms with Crippen molar-refractivity contribution in [3.8, 4) is 11.1 Å². The third-order valence-corrected chi connectivity index (χ3v) is 4.27. The van der Waals surface area contributed by atoms with Gasteiger partial charge in [-0.05, 0) is 18.6 Å². The zero-order valence-electron chi connectivity index (χ0n) is 12.7. The maximum atomic E-state index is 5.49. The highest BCUT2D eigenvalue weighted by molar-refractivity contribution is 6.04. The number of fused-ring (bicyclic) bond motifs is 1. The van der Waals surface area contributed by atoms with Gasteiger partial charge in [0.15, 0.2) is 0 Å². The lowest BCUT2D eigenvalue weighted by Gasteiger charge is -2.29. The minimum absolute atomic E-state index is 0.786. The van der Waals surface area contributed by atoms with Crippen LogP contribution in [0.1, 0.15) is 5.69 Å². The molecule has 4 rings (SSSR count). The van der Waals surface area contributed by atoms with Gasteiger partial charge in [0.2, 0.25) is 0 Å². The van der Waals surface area contributed by atoms with E-state index < -0.39 is 0 Å². The van der Waals surface area contributed by atoms with Gasteiger partial charge in [-0.15, -0.1) is 0 Å². The van der Waals surface area contributed by atoms with E-state index in [1.54, 1.807) is 0 Å². The Kier molecular flexibility index (Phi) is 3.31. The summed E-state index contributed by atoms with van der Waals surface area (Å²) in [6, 6.07) is 12.6. The molecule has 1 saturated heterocycles. The second-order valence-corrected chi connectivity index (χ2v) is 5.64. The van der Waals surface area contributed by atoms with Gasteiger partial charge in [0.1, 0.15) is 5.65 Å². The third-order valence-electron chi connectivity index (χ3n) is 4.27. The Labute approximate surface area is 129 Å². The van der Waals surface area contributed by atoms with Crippen LogP contribution in [0.15, 0.2) is 42.6 Å². The van der Waals surface area contributed by atoms with Crippen LogP contribution in [0, 0.1) is 6.92 Å². The summed E-state index contributed by atoms with van der Waals surface area (Å²) in [5.74, 6) is 0. The van der Waals surface area contributed by atoms with E-state index in [1.807, 2.05) is 6.20 Å². The molecule has 0 saturated carbocycles. The van der Waals surface area contributed by atoms with Crippen molar-refractivity contribution in [1.82, 2.24) is 9.97 Å². The van der Waals surface area contributed by atoms with Gasteiger partial charge in [-0.2, -0.15) is 0 Å². The van der Waals surface area contributed by atoms with Crippen molar-refractivity contribution in [2.45, 2.75) is 6.92 Å². The fourth-order valence-electron chi connectivity index (χ4n) is 3.25. The van der Waals surface area contributed by atoms with E-state index in [0.717, 1.165) is 37.6 Å². The molecule has 3 aromatic rings. The number of hydrogen-bond donors (Lipinski definition) is 1. The van der Waals surface area contributed by atoms with Crippen LogP contribution in [0.25, 0.3) is 22.2 Å². The van der Waals surface area contributed by atoms with Crippen molar-refractivity contribution in [2.75, 3.05) is 31.2 Å². The summed E-state index contributed by atoms with van der Waals surface area (Å²) >= 11 is 0. The van der Waals surface area contributed by atoms with Gasteiger partial charge in [0.05, 0.1) is 24.3 Å². The van der Waals surface area contributed by atoms with Gasteiger partial charge in [-0.25, -0.2) is 4.98 Å². The largest absolute Gasteiger partial charge is 0.378 e. The molecule has 0 aliphatic carbocycles. The number of nitrogens with one attached hydrogen (secondary N) is 1. The number of aryl methyl sites for hydroxylation is 1. The van der Waals surface area contributed by atoms with Crippen molar-refractivity contribution < 1.29 is 4.74 Å². The van der Waals surface area contributed by atoms with Crippen molar-refractivity contribution in [1.29, 1.82) is 0 Å². The molecule has 0 radical (unpaired) electrons. The molecule has 1 aromatic carbocycles. The van der Waals surface area contributed by atoms with Gasteiger partial charge < -0.3 is 14.6 Å². The highest BCUT2D eigenvalue weighted by Gasteiger charge is 2.19. The van der Waals surface area contributed by atoms with Gasteiger partial charge in [-0.1, -0.05) is 30.3 Å². The zero-order valence-corrected chi connectivity index (χ0v) is 12.7. The second-order valence-electron chi connectivity index (χ2n) is 5.64. The number of hydrogen-bond acceptors (Lipinski definition) is 3. The summed E-state index contributed by atoms with van der Waals surface area (Å²) in [5.41, 5.74) is 5.85. The standard InChI is InChI=1S/C18H19N3O/c1-13-16(14-5-3-2-4-6-14)17-15(7-8-19-18(17)20-13)21-9-11-22-12-10-21/h2-8H,9-12H2,1H3,(H,19,20). The molecule has 1 N–H and O–H groups in total. The topological polar surface area (TPSA) is 41.2 Å². The minimum Gasteiger partial charge on any atom is -0.378 e. The Morgan fingerprint density at radius 1 is 1.09 bits per heavy atom. The summed E-state index contributed by atoms with van der Waals surface area (Å²) in [6.45, 7) is 5.55. The summed E-state index contributed by atoms with van der Waals surface area (Å²) in [6.07, 6.45) is 1.89. The molecule has 0 amide bonds. The van der Waals surface area contributed by atoms with Crippen LogP contribution in [0.4, 0.5) is 5.69 Å². The number of rotatable bonds is 2. The van der Waals surface area contributed by atoms with Crippen molar-refractivity contribution >= 4 is 16.7 Å². The Morgan fingerprint density at radius 3 is 2.64 bits per heavy atom. The summed E-state index contributed by atoms with van der Waals surface area (Å²) in [4.78, 5) is 10.4. The predicted molar refractivity (Wildman–Crippen MR) is 89.3 cm³/mol. The van der Waals surface area contributed by atoms with Crippen LogP contribution in [0.3, 0.4) is 0 Å². The lowest BCUT2D eigenvalue weighted by atomic mass is 10.0. The first-order chi connectivity index (χ1) is 10.8. The minimum atomic E-state index is 0.786. The molecule has 1 aliphatic heterocycles. The average Bonchev–Trinajstić information content (AvgIpc) is 2.92. The van der Waals surface area contributed by atoms with E-state index in [1.165, 1.54) is 22.2 Å². The van der Waals surface area contributed by atoms with Crippen LogP contribution >= 0.6 is 0 Å². The summed E-state index contributed by atoms with van der Waals surface area (Å²) in [7, 11) is 0. The van der Waals surface area contributed by atoms with Crippen LogP contribution in [0.5, 0.6) is 0 Å². The smallest absolute Gasteiger partial charge is 0.140 e. The molecule has 3 heterocycles. The molecular weight excluding hydrogens is 274 g/mol. The van der Waals surface area contributed by atoms with E-state index in [9.17, 15) is 0 Å². The fourth-order valence-corrected chi connectivity index (χ4v) is 3.25. The zero-order chi connectivity index (χ0) is 14.9. The number of aromatic amines is 1. The Balaban J connectivity index is 1.94. The lowest BCUT2D eigenvalue weighted by molar-refractivity contribution is 0.123. The molecule has 1 aliphatic rings. The molecule has 4 heteroatoms. The number of aromatic nitrogens is 2. The van der Waals surface area contributed by atoms with Gasteiger partial charge >= 0.3 is 0 Å². The molecule has 0 bridgehead atoms. The van der Waals surface area contributed by atoms with E-state index >= 15 is 0 Å². The first kappa shape index (κ1) is 13.3. The molecule has 2 aromatic heterocycles. The molecule has 1 fully saturated rings. The Morgan fingerprint density at radius 2 is 1.86 bits per heavy atom. The maximum Gasteiger partial charge on any atom is 0.140 e. The molecule has 0 spiro atoms. The number of benzene rings is 1. The third kappa shape index (κ3) is 2.16. The lowest BCUT2D eigenvalue weighted by Crippen LogP contribution is -2.36. The number of nitrogens with zero attached hydrogens (tertiary/aromatic N) is 2. The van der Waals surface area contributed by atoms with Crippen LogP contribution in [0.2, 0.25) is 0 Å². The molecule has 112 valence electrons. The molecule has 0 unspecified atom stereocenters. The summed E-state index contributed by atoms with van der Waals surface area (Å²) in [5, 5.41) is 1.22. The van der Waals surface area contributed by atoms with Gasteiger partial charge in [0, 0.05) is 30.5 Å². The number of anilines is 1. The second kappa shape index (κ2) is 5.46. The average molecular weight is 293 g/mol. The van der Waals surface area contributed by atoms with Crippen LogP contribution < -0.4 is 4.90 Å². The first-order valence-electron chi connectivity index (χ1n) is 7.70. The van der Waals surface area contributed by atoms with E-state index in [2.05, 4.69) is 58.2 Å². The maximum absolute atomic E-state index is 5.49. The quantitative estimate of drug-likeness (QED) is 0.787. The van der Waals surface area contributed by atoms with Crippen molar-refractivity contribution in [3.63, 3.8) is 0 Å². The summed E-state index contributed by atoms with van der Waals surface area (Å²) < 4.78 is 5.49. The van der Waals surface area contributed by atoms with E-state index in [4.69, 9.17) is 4.74 Å².